The number of thiophene rings is 1. The number of furan rings is 1. The zero-order valence-corrected chi connectivity index (χ0v) is 21.1. The number of hydrogen-bond donors (Lipinski definition) is 0. The molecule has 0 N–H and O–H groups in total. The second-order valence-electron chi connectivity index (χ2n) is 8.95. The molecular formula is C26H24N4O4S2. The number of piperazine rings is 1. The van der Waals surface area contributed by atoms with Gasteiger partial charge in [-0.25, -0.2) is 4.98 Å². The Bertz CT molecular complexity index is 1470. The zero-order chi connectivity index (χ0) is 24.6. The number of aromatic nitrogens is 2. The summed E-state index contributed by atoms with van der Waals surface area (Å²) in [5.74, 6) is 0.730. The first kappa shape index (κ1) is 23.1. The second kappa shape index (κ2) is 9.59. The van der Waals surface area contributed by atoms with Gasteiger partial charge in [0, 0.05) is 26.2 Å². The lowest BCUT2D eigenvalue weighted by molar-refractivity contribution is -0.129. The number of carbonyl (C=O) groups is 2. The molecular weight excluding hydrogens is 496 g/mol. The molecule has 1 saturated carbocycles. The summed E-state index contributed by atoms with van der Waals surface area (Å²) >= 11 is 2.78. The third-order valence-electron chi connectivity index (χ3n) is 6.61. The molecule has 4 heterocycles. The molecule has 2 amide bonds. The molecule has 4 aromatic rings. The molecule has 1 aliphatic carbocycles. The average molecular weight is 521 g/mol. The molecule has 2 aliphatic rings. The molecule has 0 bridgehead atoms. The topological polar surface area (TPSA) is 88.7 Å². The predicted octanol–water partition coefficient (Wildman–Crippen LogP) is 3.99. The van der Waals surface area contributed by atoms with Crippen LogP contribution in [0.25, 0.3) is 15.9 Å². The van der Waals surface area contributed by atoms with Crippen LogP contribution in [-0.4, -0.2) is 63.1 Å². The molecule has 8 nitrogen and oxygen atoms in total. The van der Waals surface area contributed by atoms with Crippen LogP contribution in [-0.2, 0) is 4.79 Å². The summed E-state index contributed by atoms with van der Waals surface area (Å²) in [6.07, 6.45) is 3.71. The SMILES string of the molecule is O=C(CSc1nc2scc(C3CC3)c2c(=O)n1-c1ccccc1)N1CCN(C(=O)c2ccco2)CC1. The van der Waals surface area contributed by atoms with Crippen molar-refractivity contribution in [3.05, 3.63) is 75.8 Å². The Morgan fingerprint density at radius 3 is 2.47 bits per heavy atom. The Morgan fingerprint density at radius 1 is 1.03 bits per heavy atom. The van der Waals surface area contributed by atoms with Crippen LogP contribution in [0.3, 0.4) is 0 Å². The molecule has 1 aliphatic heterocycles. The lowest BCUT2D eigenvalue weighted by Gasteiger charge is -2.34. The summed E-state index contributed by atoms with van der Waals surface area (Å²) in [6.45, 7) is 1.82. The van der Waals surface area contributed by atoms with Crippen molar-refractivity contribution >= 4 is 45.1 Å². The fraction of sp³-hybridized carbons (Fsp3) is 0.308. The van der Waals surface area contributed by atoms with Crippen LogP contribution in [0, 0.1) is 0 Å². The summed E-state index contributed by atoms with van der Waals surface area (Å²) in [5, 5.41) is 3.29. The first-order chi connectivity index (χ1) is 17.6. The van der Waals surface area contributed by atoms with Gasteiger partial charge in [0.15, 0.2) is 10.9 Å². The van der Waals surface area contributed by atoms with Gasteiger partial charge in [-0.2, -0.15) is 0 Å². The third kappa shape index (κ3) is 4.35. The number of carbonyl (C=O) groups excluding carboxylic acids is 2. The third-order valence-corrected chi connectivity index (χ3v) is 8.43. The van der Waals surface area contributed by atoms with E-state index in [1.165, 1.54) is 29.4 Å². The molecule has 0 atom stereocenters. The Kier molecular flexibility index (Phi) is 6.14. The van der Waals surface area contributed by atoms with Crippen molar-refractivity contribution in [1.82, 2.24) is 19.4 Å². The normalized spacial score (nSPS) is 16.0. The first-order valence-electron chi connectivity index (χ1n) is 11.9. The second-order valence-corrected chi connectivity index (χ2v) is 10.8. The number of fused-ring (bicyclic) bond motifs is 1. The molecule has 3 aromatic heterocycles. The van der Waals surface area contributed by atoms with Gasteiger partial charge in [0.1, 0.15) is 4.83 Å². The number of hydrogen-bond acceptors (Lipinski definition) is 7. The maximum absolute atomic E-state index is 13.7. The largest absolute Gasteiger partial charge is 0.459 e. The maximum Gasteiger partial charge on any atom is 0.289 e. The Labute approximate surface area is 215 Å². The molecule has 1 saturated heterocycles. The van der Waals surface area contributed by atoms with Crippen LogP contribution in [0.15, 0.2) is 68.5 Å². The molecule has 0 unspecified atom stereocenters. The minimum absolute atomic E-state index is 0.0381. The predicted molar refractivity (Wildman–Crippen MR) is 139 cm³/mol. The summed E-state index contributed by atoms with van der Waals surface area (Å²) in [6, 6.07) is 12.8. The van der Waals surface area contributed by atoms with E-state index in [9.17, 15) is 14.4 Å². The molecule has 2 fully saturated rings. The Morgan fingerprint density at radius 2 is 1.78 bits per heavy atom. The van der Waals surface area contributed by atoms with E-state index in [0.29, 0.717) is 48.4 Å². The standard InChI is InChI=1S/C26H24N4O4S2/c31-21(28-10-12-29(13-11-28)24(32)20-7-4-14-34-20)16-36-26-27-23-22(19(15-35-23)17-8-9-17)25(33)30(26)18-5-2-1-3-6-18/h1-7,14-15,17H,8-13,16H2. The molecule has 0 radical (unpaired) electrons. The highest BCUT2D eigenvalue weighted by Crippen LogP contribution is 2.44. The van der Waals surface area contributed by atoms with Gasteiger partial charge in [-0.3, -0.25) is 19.0 Å². The Balaban J connectivity index is 1.20. The van der Waals surface area contributed by atoms with E-state index in [-0.39, 0.29) is 23.1 Å². The first-order valence-corrected chi connectivity index (χ1v) is 13.8. The zero-order valence-electron chi connectivity index (χ0n) is 19.5. The summed E-state index contributed by atoms with van der Waals surface area (Å²) in [4.78, 5) is 48.2. The van der Waals surface area contributed by atoms with Crippen molar-refractivity contribution in [2.24, 2.45) is 0 Å². The van der Waals surface area contributed by atoms with E-state index >= 15 is 0 Å². The van der Waals surface area contributed by atoms with Crippen LogP contribution in [0.4, 0.5) is 0 Å². The van der Waals surface area contributed by atoms with E-state index in [1.54, 1.807) is 26.5 Å². The lowest BCUT2D eigenvalue weighted by Crippen LogP contribution is -2.51. The molecule has 36 heavy (non-hydrogen) atoms. The van der Waals surface area contributed by atoms with Gasteiger partial charge in [-0.05, 0) is 54.0 Å². The fourth-order valence-electron chi connectivity index (χ4n) is 4.52. The molecule has 10 heteroatoms. The van der Waals surface area contributed by atoms with Crippen LogP contribution < -0.4 is 5.56 Å². The average Bonchev–Trinajstić information content (AvgIpc) is 3.42. The minimum Gasteiger partial charge on any atom is -0.459 e. The van der Waals surface area contributed by atoms with Crippen molar-refractivity contribution in [3.63, 3.8) is 0 Å². The van der Waals surface area contributed by atoms with Crippen LogP contribution in [0.1, 0.15) is 34.9 Å². The maximum atomic E-state index is 13.7. The molecule has 0 spiro atoms. The van der Waals surface area contributed by atoms with Gasteiger partial charge >= 0.3 is 0 Å². The number of rotatable bonds is 6. The van der Waals surface area contributed by atoms with E-state index in [4.69, 9.17) is 9.40 Å². The lowest BCUT2D eigenvalue weighted by atomic mass is 10.1. The fourth-order valence-corrected chi connectivity index (χ4v) is 6.50. The van der Waals surface area contributed by atoms with E-state index < -0.39 is 0 Å². The number of nitrogens with zero attached hydrogens (tertiary/aromatic N) is 4. The minimum atomic E-state index is -0.160. The van der Waals surface area contributed by atoms with Gasteiger partial charge in [0.25, 0.3) is 11.5 Å². The van der Waals surface area contributed by atoms with Crippen molar-refractivity contribution in [2.75, 3.05) is 31.9 Å². The van der Waals surface area contributed by atoms with Crippen molar-refractivity contribution in [1.29, 1.82) is 0 Å². The van der Waals surface area contributed by atoms with Crippen molar-refractivity contribution < 1.29 is 14.0 Å². The summed E-state index contributed by atoms with van der Waals surface area (Å²) in [5.41, 5.74) is 1.77. The molecule has 184 valence electrons. The monoisotopic (exact) mass is 520 g/mol. The number of benzene rings is 1. The van der Waals surface area contributed by atoms with Crippen LogP contribution in [0.5, 0.6) is 0 Å². The van der Waals surface area contributed by atoms with Crippen LogP contribution >= 0.6 is 23.1 Å². The smallest absolute Gasteiger partial charge is 0.289 e. The van der Waals surface area contributed by atoms with Crippen LogP contribution in [0.2, 0.25) is 0 Å². The van der Waals surface area contributed by atoms with Gasteiger partial charge in [0.2, 0.25) is 5.91 Å². The highest BCUT2D eigenvalue weighted by Gasteiger charge is 2.30. The Hall–Kier alpha value is -3.37. The number of amides is 2. The highest BCUT2D eigenvalue weighted by atomic mass is 32.2. The van der Waals surface area contributed by atoms with Crippen molar-refractivity contribution in [3.8, 4) is 5.69 Å². The van der Waals surface area contributed by atoms with Gasteiger partial charge in [0.05, 0.1) is 23.1 Å². The van der Waals surface area contributed by atoms with E-state index in [1.807, 2.05) is 30.3 Å². The molecule has 6 rings (SSSR count). The molecule has 1 aromatic carbocycles. The van der Waals surface area contributed by atoms with E-state index in [0.717, 1.165) is 28.9 Å². The number of para-hydroxylation sites is 1. The van der Waals surface area contributed by atoms with Gasteiger partial charge < -0.3 is 14.2 Å². The number of thioether (sulfide) groups is 1. The highest BCUT2D eigenvalue weighted by molar-refractivity contribution is 7.99. The quantitative estimate of drug-likeness (QED) is 0.282. The van der Waals surface area contributed by atoms with E-state index in [2.05, 4.69) is 5.38 Å². The van der Waals surface area contributed by atoms with Gasteiger partial charge in [-0.1, -0.05) is 30.0 Å². The van der Waals surface area contributed by atoms with Gasteiger partial charge in [-0.15, -0.1) is 11.3 Å². The van der Waals surface area contributed by atoms with Crippen molar-refractivity contribution in [2.45, 2.75) is 23.9 Å². The summed E-state index contributed by atoms with van der Waals surface area (Å²) < 4.78 is 6.84. The summed E-state index contributed by atoms with van der Waals surface area (Å²) in [7, 11) is 0.